The molecule has 0 radical (unpaired) electrons. The number of hydrogen-bond donors (Lipinski definition) is 4. The number of nitrogens with zero attached hydrogens (tertiary/aromatic N) is 1. The third-order valence-electron chi connectivity index (χ3n) is 6.72. The highest BCUT2D eigenvalue weighted by atomic mass is 32.2. The second-order valence-electron chi connectivity index (χ2n) is 9.41. The number of hydrogen-bond acceptors (Lipinski definition) is 6. The normalized spacial score (nSPS) is 17.7. The van der Waals surface area contributed by atoms with Gasteiger partial charge < -0.3 is 22.1 Å². The first kappa shape index (κ1) is 29.2. The number of primary amides is 2. The fraction of sp³-hybridized carbons (Fsp3) is 0.259. The molecule has 4 rings (SSSR count). The van der Waals surface area contributed by atoms with Crippen LogP contribution >= 0.6 is 0 Å². The summed E-state index contributed by atoms with van der Waals surface area (Å²) >= 11 is 0. The van der Waals surface area contributed by atoms with E-state index in [1.165, 1.54) is 40.7 Å². The molecule has 0 bridgehead atoms. The summed E-state index contributed by atoms with van der Waals surface area (Å²) in [5.74, 6) is -1.26. The van der Waals surface area contributed by atoms with E-state index in [2.05, 4.69) is 10.6 Å². The lowest BCUT2D eigenvalue weighted by atomic mass is 10.1. The Morgan fingerprint density at radius 3 is 1.90 bits per heavy atom. The molecule has 1 fully saturated rings. The van der Waals surface area contributed by atoms with Crippen LogP contribution in [0.4, 0.5) is 13.2 Å². The Labute approximate surface area is 229 Å². The maximum absolute atomic E-state index is 13.9. The van der Waals surface area contributed by atoms with Crippen LogP contribution in [0, 0.1) is 0 Å². The molecule has 40 heavy (non-hydrogen) atoms. The molecular formula is C27H28F3N5O4S. The molecular weight excluding hydrogens is 547 g/mol. The first-order valence-electron chi connectivity index (χ1n) is 12.3. The van der Waals surface area contributed by atoms with Gasteiger partial charge in [-0.25, -0.2) is 8.42 Å². The standard InChI is InChI=1S/C27H28F3N5O4S/c28-27(29,30)21-9-3-18(4-10-21)16-35(40(38,39)22-11-7-20(8-12-22)26(32)37)24-15-33-14-23(24)34-13-17-1-5-19(6-2-17)25(31)36/h1-12,23-24,33-34H,13-16H2,(H2,31,36)(H2,32,37)/t23-,24-/m0/s1. The van der Waals surface area contributed by atoms with Gasteiger partial charge in [-0.1, -0.05) is 24.3 Å². The molecule has 1 heterocycles. The highest BCUT2D eigenvalue weighted by Gasteiger charge is 2.39. The number of benzene rings is 3. The second kappa shape index (κ2) is 11.8. The van der Waals surface area contributed by atoms with Crippen LogP contribution in [0.3, 0.4) is 0 Å². The van der Waals surface area contributed by atoms with Gasteiger partial charge in [-0.2, -0.15) is 17.5 Å². The van der Waals surface area contributed by atoms with E-state index in [-0.39, 0.29) is 29.6 Å². The molecule has 1 aliphatic rings. The van der Waals surface area contributed by atoms with E-state index in [1.54, 1.807) is 24.3 Å². The average Bonchev–Trinajstić information content (AvgIpc) is 3.38. The summed E-state index contributed by atoms with van der Waals surface area (Å²) in [6, 6.07) is 15.2. The molecule has 2 amide bonds. The lowest BCUT2D eigenvalue weighted by Gasteiger charge is -2.32. The van der Waals surface area contributed by atoms with Crippen LogP contribution in [0.25, 0.3) is 0 Å². The van der Waals surface area contributed by atoms with E-state index < -0.39 is 39.6 Å². The topological polar surface area (TPSA) is 148 Å². The van der Waals surface area contributed by atoms with E-state index >= 15 is 0 Å². The number of nitrogens with one attached hydrogen (secondary N) is 2. The summed E-state index contributed by atoms with van der Waals surface area (Å²) in [6.45, 7) is 0.903. The first-order chi connectivity index (χ1) is 18.9. The van der Waals surface area contributed by atoms with Gasteiger partial charge >= 0.3 is 6.18 Å². The number of nitrogens with two attached hydrogens (primary N) is 2. The predicted octanol–water partition coefficient (Wildman–Crippen LogP) is 2.22. The smallest absolute Gasteiger partial charge is 0.366 e. The molecule has 212 valence electrons. The predicted molar refractivity (Wildman–Crippen MR) is 141 cm³/mol. The van der Waals surface area contributed by atoms with Crippen molar-refractivity contribution in [3.63, 3.8) is 0 Å². The zero-order chi connectivity index (χ0) is 29.1. The quantitative estimate of drug-likeness (QED) is 0.292. The Kier molecular flexibility index (Phi) is 8.59. The van der Waals surface area contributed by atoms with Crippen LogP contribution in [0.15, 0.2) is 77.7 Å². The molecule has 0 unspecified atom stereocenters. The summed E-state index contributed by atoms with van der Waals surface area (Å²) < 4.78 is 68.3. The largest absolute Gasteiger partial charge is 0.416 e. The van der Waals surface area contributed by atoms with Crippen LogP contribution in [-0.4, -0.2) is 49.7 Å². The minimum atomic E-state index is -4.52. The van der Waals surface area contributed by atoms with Gasteiger partial charge in [0.25, 0.3) is 0 Å². The van der Waals surface area contributed by atoms with E-state index in [0.29, 0.717) is 24.2 Å². The Hall–Kier alpha value is -3.78. The molecule has 6 N–H and O–H groups in total. The third-order valence-corrected chi connectivity index (χ3v) is 8.61. The van der Waals surface area contributed by atoms with Crippen LogP contribution in [0.1, 0.15) is 37.4 Å². The van der Waals surface area contributed by atoms with Gasteiger partial charge in [0.2, 0.25) is 21.8 Å². The Morgan fingerprint density at radius 2 is 1.38 bits per heavy atom. The van der Waals surface area contributed by atoms with Crippen molar-refractivity contribution in [2.24, 2.45) is 11.5 Å². The summed E-state index contributed by atoms with van der Waals surface area (Å²) in [5, 5.41) is 6.53. The van der Waals surface area contributed by atoms with Crippen molar-refractivity contribution < 1.29 is 31.2 Å². The van der Waals surface area contributed by atoms with E-state index in [1.807, 2.05) is 0 Å². The Morgan fingerprint density at radius 1 is 0.850 bits per heavy atom. The molecule has 0 aromatic heterocycles. The Balaban J connectivity index is 1.62. The minimum absolute atomic E-state index is 0.0860. The number of alkyl halides is 3. The minimum Gasteiger partial charge on any atom is -0.366 e. The zero-order valence-electron chi connectivity index (χ0n) is 21.2. The van der Waals surface area contributed by atoms with Crippen LogP contribution < -0.4 is 22.1 Å². The first-order valence-corrected chi connectivity index (χ1v) is 13.7. The van der Waals surface area contributed by atoms with E-state index in [0.717, 1.165) is 17.7 Å². The SMILES string of the molecule is NC(=O)c1ccc(CN[C@H]2CNC[C@@H]2N(Cc2ccc(C(F)(F)F)cc2)S(=O)(=O)c2ccc(C(N)=O)cc2)cc1. The van der Waals surface area contributed by atoms with Gasteiger partial charge in [-0.15, -0.1) is 0 Å². The summed E-state index contributed by atoms with van der Waals surface area (Å²) in [6.07, 6.45) is -4.52. The van der Waals surface area contributed by atoms with Gasteiger partial charge in [-0.05, 0) is 59.7 Å². The zero-order valence-corrected chi connectivity index (χ0v) is 22.0. The van der Waals surface area contributed by atoms with Gasteiger partial charge in [-0.3, -0.25) is 9.59 Å². The number of sulfonamides is 1. The van der Waals surface area contributed by atoms with Crippen molar-refractivity contribution in [3.8, 4) is 0 Å². The van der Waals surface area contributed by atoms with Crippen molar-refractivity contribution in [1.82, 2.24) is 14.9 Å². The number of carbonyl (C=O) groups is 2. The lowest BCUT2D eigenvalue weighted by molar-refractivity contribution is -0.137. The van der Waals surface area contributed by atoms with Gasteiger partial charge in [0.1, 0.15) is 0 Å². The highest BCUT2D eigenvalue weighted by Crippen LogP contribution is 2.30. The van der Waals surface area contributed by atoms with Crippen molar-refractivity contribution in [2.75, 3.05) is 13.1 Å². The molecule has 1 saturated heterocycles. The number of carbonyl (C=O) groups excluding carboxylic acids is 2. The molecule has 1 aliphatic heterocycles. The van der Waals surface area contributed by atoms with Gasteiger partial charge in [0, 0.05) is 43.3 Å². The van der Waals surface area contributed by atoms with Crippen molar-refractivity contribution in [2.45, 2.75) is 36.2 Å². The fourth-order valence-corrected chi connectivity index (χ4v) is 6.15. The lowest BCUT2D eigenvalue weighted by Crippen LogP contribution is -2.51. The van der Waals surface area contributed by atoms with Crippen molar-refractivity contribution in [3.05, 3.63) is 101 Å². The second-order valence-corrected chi connectivity index (χ2v) is 11.3. The molecule has 3 aromatic carbocycles. The van der Waals surface area contributed by atoms with Crippen LogP contribution in [0.2, 0.25) is 0 Å². The average molecular weight is 576 g/mol. The molecule has 0 saturated carbocycles. The van der Waals surface area contributed by atoms with Crippen LogP contribution in [-0.2, 0) is 29.3 Å². The summed E-state index contributed by atoms with van der Waals surface area (Å²) in [4.78, 5) is 22.7. The molecule has 13 heteroatoms. The van der Waals surface area contributed by atoms with E-state index in [9.17, 15) is 31.2 Å². The van der Waals surface area contributed by atoms with Gasteiger partial charge in [0.05, 0.1) is 16.5 Å². The molecule has 2 atom stereocenters. The molecule has 9 nitrogen and oxygen atoms in total. The highest BCUT2D eigenvalue weighted by molar-refractivity contribution is 7.89. The van der Waals surface area contributed by atoms with E-state index in [4.69, 9.17) is 11.5 Å². The summed E-state index contributed by atoms with van der Waals surface area (Å²) in [5.41, 5.74) is 11.4. The monoisotopic (exact) mass is 575 g/mol. The Bertz CT molecular complexity index is 1460. The number of rotatable bonds is 10. The third kappa shape index (κ3) is 6.67. The molecule has 0 spiro atoms. The fourth-order valence-electron chi connectivity index (χ4n) is 4.50. The maximum Gasteiger partial charge on any atom is 0.416 e. The molecule has 3 aromatic rings. The van der Waals surface area contributed by atoms with Crippen LogP contribution in [0.5, 0.6) is 0 Å². The number of amides is 2. The summed E-state index contributed by atoms with van der Waals surface area (Å²) in [7, 11) is -4.17. The van der Waals surface area contributed by atoms with Crippen molar-refractivity contribution in [1.29, 1.82) is 0 Å². The van der Waals surface area contributed by atoms with Crippen molar-refractivity contribution >= 4 is 21.8 Å². The molecule has 0 aliphatic carbocycles. The number of halogens is 3. The van der Waals surface area contributed by atoms with Gasteiger partial charge in [0.15, 0.2) is 0 Å². The maximum atomic E-state index is 13.9.